The van der Waals surface area contributed by atoms with Gasteiger partial charge < -0.3 is 9.64 Å². The smallest absolute Gasteiger partial charge is 0.228 e. The first-order valence-electron chi connectivity index (χ1n) is 4.98. The quantitative estimate of drug-likeness (QED) is 0.633. The highest BCUT2D eigenvalue weighted by molar-refractivity contribution is 5.79. The number of amides is 1. The fraction of sp³-hybridized carbons (Fsp3) is 0.700. The summed E-state index contributed by atoms with van der Waals surface area (Å²) in [4.78, 5) is 13.4. The first-order valence-corrected chi connectivity index (χ1v) is 4.98. The number of hydrogen-bond donors (Lipinski definition) is 0. The van der Waals surface area contributed by atoms with Crippen molar-refractivity contribution in [3.05, 3.63) is 11.9 Å². The van der Waals surface area contributed by atoms with E-state index in [1.807, 2.05) is 0 Å². The van der Waals surface area contributed by atoms with Crippen LogP contribution in [-0.4, -0.2) is 37.1 Å². The van der Waals surface area contributed by atoms with Crippen molar-refractivity contribution in [1.29, 1.82) is 0 Å². The van der Waals surface area contributed by atoms with Crippen LogP contribution in [0.3, 0.4) is 0 Å². The Bertz CT molecular complexity index is 259. The zero-order valence-corrected chi connectivity index (χ0v) is 8.04. The minimum atomic E-state index is -0.191. The maximum absolute atomic E-state index is 12.9. The average molecular weight is 199 g/mol. The van der Waals surface area contributed by atoms with E-state index in [0.717, 1.165) is 6.42 Å². The largest absolute Gasteiger partial charge is 0.381 e. The van der Waals surface area contributed by atoms with Gasteiger partial charge in [-0.1, -0.05) is 0 Å². The molecule has 1 amide bonds. The molecule has 1 unspecified atom stereocenters. The van der Waals surface area contributed by atoms with Gasteiger partial charge in [0.25, 0.3) is 0 Å². The number of rotatable bonds is 1. The van der Waals surface area contributed by atoms with Crippen LogP contribution in [0.4, 0.5) is 4.39 Å². The number of hydrogen-bond acceptors (Lipinski definition) is 2. The van der Waals surface area contributed by atoms with Crippen LogP contribution in [0.1, 0.15) is 12.8 Å². The number of carbonyl (C=O) groups is 1. The Kier molecular flexibility index (Phi) is 2.82. The summed E-state index contributed by atoms with van der Waals surface area (Å²) < 4.78 is 18.1. The summed E-state index contributed by atoms with van der Waals surface area (Å²) in [5.74, 6) is -0.185. The van der Waals surface area contributed by atoms with Crippen molar-refractivity contribution in [3.8, 4) is 0 Å². The van der Waals surface area contributed by atoms with Crippen LogP contribution in [0.2, 0.25) is 0 Å². The fourth-order valence-corrected chi connectivity index (χ4v) is 1.88. The Labute approximate surface area is 82.5 Å². The Balaban J connectivity index is 1.94. The molecule has 0 aromatic heterocycles. The first-order chi connectivity index (χ1) is 6.77. The molecule has 2 heterocycles. The van der Waals surface area contributed by atoms with Gasteiger partial charge in [0.2, 0.25) is 5.91 Å². The highest BCUT2D eigenvalue weighted by atomic mass is 19.1. The monoisotopic (exact) mass is 199 g/mol. The summed E-state index contributed by atoms with van der Waals surface area (Å²) in [6.07, 6.45) is 2.96. The summed E-state index contributed by atoms with van der Waals surface area (Å²) in [5.41, 5.74) is 0. The number of carbonyl (C=O) groups excluding carboxylic acids is 1. The zero-order valence-electron chi connectivity index (χ0n) is 8.04. The van der Waals surface area contributed by atoms with Gasteiger partial charge in [-0.3, -0.25) is 4.79 Å². The highest BCUT2D eigenvalue weighted by Crippen LogP contribution is 2.19. The van der Waals surface area contributed by atoms with E-state index in [2.05, 4.69) is 0 Å². The summed E-state index contributed by atoms with van der Waals surface area (Å²) in [7, 11) is 0. The van der Waals surface area contributed by atoms with Gasteiger partial charge in [-0.2, -0.15) is 0 Å². The molecular formula is C10H14FNO2. The molecule has 0 N–H and O–H groups in total. The summed E-state index contributed by atoms with van der Waals surface area (Å²) in [5, 5.41) is 0. The van der Waals surface area contributed by atoms with Gasteiger partial charge in [-0.15, -0.1) is 0 Å². The highest BCUT2D eigenvalue weighted by Gasteiger charge is 2.29. The number of nitrogens with zero attached hydrogens (tertiary/aromatic N) is 1. The molecule has 0 spiro atoms. The van der Waals surface area contributed by atoms with Gasteiger partial charge in [0, 0.05) is 13.2 Å². The Morgan fingerprint density at radius 2 is 2.50 bits per heavy atom. The van der Waals surface area contributed by atoms with Gasteiger partial charge in [0.15, 0.2) is 0 Å². The second-order valence-corrected chi connectivity index (χ2v) is 3.76. The molecule has 0 bridgehead atoms. The molecule has 2 rings (SSSR count). The van der Waals surface area contributed by atoms with Gasteiger partial charge in [-0.25, -0.2) is 4.39 Å². The van der Waals surface area contributed by atoms with E-state index in [4.69, 9.17) is 4.74 Å². The topological polar surface area (TPSA) is 29.5 Å². The van der Waals surface area contributed by atoms with Crippen LogP contribution in [0.15, 0.2) is 11.9 Å². The summed E-state index contributed by atoms with van der Waals surface area (Å²) >= 11 is 0. The molecule has 4 heteroatoms. The van der Waals surface area contributed by atoms with Crippen molar-refractivity contribution >= 4 is 5.91 Å². The van der Waals surface area contributed by atoms with Crippen molar-refractivity contribution in [2.45, 2.75) is 12.8 Å². The van der Waals surface area contributed by atoms with E-state index in [-0.39, 0.29) is 24.2 Å². The predicted molar refractivity (Wildman–Crippen MR) is 49.3 cm³/mol. The molecule has 0 aromatic rings. The molecule has 3 nitrogen and oxygen atoms in total. The lowest BCUT2D eigenvalue weighted by atomic mass is 10.1. The summed E-state index contributed by atoms with van der Waals surface area (Å²) in [6.45, 7) is 1.95. The van der Waals surface area contributed by atoms with Crippen molar-refractivity contribution < 1.29 is 13.9 Å². The molecule has 0 saturated carbocycles. The van der Waals surface area contributed by atoms with Crippen molar-refractivity contribution in [3.63, 3.8) is 0 Å². The lowest BCUT2D eigenvalue weighted by Crippen LogP contribution is -2.39. The van der Waals surface area contributed by atoms with Crippen LogP contribution >= 0.6 is 0 Å². The molecular weight excluding hydrogens is 185 g/mol. The lowest BCUT2D eigenvalue weighted by molar-refractivity contribution is -0.135. The Hall–Kier alpha value is -0.900. The minimum absolute atomic E-state index is 0.0408. The van der Waals surface area contributed by atoms with E-state index in [1.165, 1.54) is 0 Å². The second-order valence-electron chi connectivity index (χ2n) is 3.76. The van der Waals surface area contributed by atoms with Gasteiger partial charge in [0.1, 0.15) is 5.83 Å². The minimum Gasteiger partial charge on any atom is -0.381 e. The summed E-state index contributed by atoms with van der Waals surface area (Å²) in [6, 6.07) is 0. The molecule has 2 aliphatic rings. The second kappa shape index (κ2) is 4.09. The molecule has 1 fully saturated rings. The maximum Gasteiger partial charge on any atom is 0.228 e. The third-order valence-electron chi connectivity index (χ3n) is 2.70. The number of ether oxygens (including phenoxy) is 1. The molecule has 0 aromatic carbocycles. The van der Waals surface area contributed by atoms with Crippen LogP contribution < -0.4 is 0 Å². The normalized spacial score (nSPS) is 27.6. The lowest BCUT2D eigenvalue weighted by Gasteiger charge is -2.26. The maximum atomic E-state index is 12.9. The van der Waals surface area contributed by atoms with Gasteiger partial charge in [-0.05, 0) is 18.9 Å². The third kappa shape index (κ3) is 1.95. The van der Waals surface area contributed by atoms with E-state index in [0.29, 0.717) is 26.2 Å². The molecule has 14 heavy (non-hydrogen) atoms. The standard InChI is InChI=1S/C10H14FNO2/c11-9-2-1-4-12(6-9)10(13)8-3-5-14-7-8/h2,8H,1,3-7H2. The Morgan fingerprint density at radius 3 is 3.14 bits per heavy atom. The van der Waals surface area contributed by atoms with Crippen molar-refractivity contribution in [2.75, 3.05) is 26.3 Å². The van der Waals surface area contributed by atoms with E-state index in [1.54, 1.807) is 11.0 Å². The number of halogens is 1. The van der Waals surface area contributed by atoms with Gasteiger partial charge >= 0.3 is 0 Å². The van der Waals surface area contributed by atoms with Crippen molar-refractivity contribution in [2.24, 2.45) is 5.92 Å². The zero-order chi connectivity index (χ0) is 9.97. The molecule has 0 aliphatic carbocycles. The average Bonchev–Trinajstić information content (AvgIpc) is 2.69. The Morgan fingerprint density at radius 1 is 1.64 bits per heavy atom. The predicted octanol–water partition coefficient (Wildman–Crippen LogP) is 1.11. The van der Waals surface area contributed by atoms with Gasteiger partial charge in [0.05, 0.1) is 19.1 Å². The van der Waals surface area contributed by atoms with E-state index >= 15 is 0 Å². The molecule has 78 valence electrons. The van der Waals surface area contributed by atoms with E-state index < -0.39 is 0 Å². The molecule has 2 aliphatic heterocycles. The first kappa shape index (κ1) is 9.65. The third-order valence-corrected chi connectivity index (χ3v) is 2.70. The van der Waals surface area contributed by atoms with Crippen LogP contribution in [-0.2, 0) is 9.53 Å². The molecule has 1 atom stereocenters. The van der Waals surface area contributed by atoms with Crippen LogP contribution in [0.5, 0.6) is 0 Å². The molecule has 0 radical (unpaired) electrons. The SMILES string of the molecule is O=C(C1CCOC1)N1CCC=C(F)C1. The molecule has 1 saturated heterocycles. The van der Waals surface area contributed by atoms with Crippen LogP contribution in [0.25, 0.3) is 0 Å². The fourth-order valence-electron chi connectivity index (χ4n) is 1.88. The van der Waals surface area contributed by atoms with Crippen molar-refractivity contribution in [1.82, 2.24) is 4.90 Å². The van der Waals surface area contributed by atoms with E-state index in [9.17, 15) is 9.18 Å². The van der Waals surface area contributed by atoms with Crippen LogP contribution in [0, 0.1) is 5.92 Å².